The maximum absolute atomic E-state index is 6.58. The summed E-state index contributed by atoms with van der Waals surface area (Å²) in [7, 11) is 0. The Hall–Kier alpha value is -6.53. The molecule has 4 heterocycles. The Labute approximate surface area is 275 Å². The summed E-state index contributed by atoms with van der Waals surface area (Å²) in [6.07, 6.45) is 6.29. The molecule has 6 heteroatoms. The maximum Gasteiger partial charge on any atom is 0.164 e. The van der Waals surface area contributed by atoms with Gasteiger partial charge in [-0.25, -0.2) is 15.0 Å². The van der Waals surface area contributed by atoms with Crippen LogP contribution in [-0.4, -0.2) is 19.5 Å². The van der Waals surface area contributed by atoms with Crippen molar-refractivity contribution in [1.29, 1.82) is 0 Å². The Morgan fingerprint density at radius 3 is 2.23 bits per heavy atom. The minimum absolute atomic E-state index is 0.310. The van der Waals surface area contributed by atoms with E-state index < -0.39 is 0 Å². The lowest BCUT2D eigenvalue weighted by atomic mass is 10.0. The highest BCUT2D eigenvalue weighted by molar-refractivity contribution is 6.21. The van der Waals surface area contributed by atoms with E-state index in [-0.39, 0.29) is 6.04 Å². The first-order valence-electron chi connectivity index (χ1n) is 16.1. The van der Waals surface area contributed by atoms with Gasteiger partial charge < -0.3 is 9.73 Å². The Morgan fingerprint density at radius 1 is 0.583 bits per heavy atom. The molecule has 0 saturated heterocycles. The SMILES string of the molecule is C1=CC(c2nc(-c3ccccc3)nc(-c3cccc4ccccc34)n2)NC(n2c3ccccc3c3ccc4c5ccccc5oc4c32)=C1. The fourth-order valence-electron chi connectivity index (χ4n) is 7.07. The van der Waals surface area contributed by atoms with Crippen molar-refractivity contribution in [3.05, 3.63) is 158 Å². The largest absolute Gasteiger partial charge is 0.454 e. The second kappa shape index (κ2) is 10.5. The first-order chi connectivity index (χ1) is 23.8. The topological polar surface area (TPSA) is 68.8 Å². The predicted molar refractivity (Wildman–Crippen MR) is 194 cm³/mol. The molecule has 6 nitrogen and oxygen atoms in total. The van der Waals surface area contributed by atoms with Gasteiger partial charge in [-0.05, 0) is 35.0 Å². The Bertz CT molecular complexity index is 2770. The molecule has 9 aromatic rings. The molecule has 1 aliphatic heterocycles. The third-order valence-corrected chi connectivity index (χ3v) is 9.27. The minimum atomic E-state index is -0.310. The van der Waals surface area contributed by atoms with Gasteiger partial charge in [0.25, 0.3) is 0 Å². The zero-order chi connectivity index (χ0) is 31.6. The number of nitrogens with zero attached hydrogens (tertiary/aromatic N) is 4. The zero-order valence-corrected chi connectivity index (χ0v) is 25.7. The number of benzene rings is 6. The fraction of sp³-hybridized carbons (Fsp3) is 0.0238. The van der Waals surface area contributed by atoms with Crippen molar-refractivity contribution in [2.75, 3.05) is 0 Å². The summed E-state index contributed by atoms with van der Waals surface area (Å²) in [4.78, 5) is 15.2. The molecule has 1 atom stereocenters. The van der Waals surface area contributed by atoms with Crippen LogP contribution in [0.15, 0.2) is 156 Å². The van der Waals surface area contributed by atoms with Gasteiger partial charge in [0.1, 0.15) is 17.4 Å². The second-order valence-electron chi connectivity index (χ2n) is 12.1. The van der Waals surface area contributed by atoms with Crippen LogP contribution in [0.5, 0.6) is 0 Å². The molecule has 0 aliphatic carbocycles. The third-order valence-electron chi connectivity index (χ3n) is 9.27. The second-order valence-corrected chi connectivity index (χ2v) is 12.1. The highest BCUT2D eigenvalue weighted by Gasteiger charge is 2.24. The summed E-state index contributed by atoms with van der Waals surface area (Å²) in [5, 5.41) is 10.5. The van der Waals surface area contributed by atoms with Gasteiger partial charge in [0.05, 0.1) is 11.0 Å². The van der Waals surface area contributed by atoms with Crippen LogP contribution < -0.4 is 5.32 Å². The van der Waals surface area contributed by atoms with Gasteiger partial charge in [-0.3, -0.25) is 4.57 Å². The van der Waals surface area contributed by atoms with Crippen molar-refractivity contribution in [3.8, 4) is 22.8 Å². The van der Waals surface area contributed by atoms with E-state index in [0.29, 0.717) is 17.5 Å². The number of fused-ring (bicyclic) bond motifs is 8. The molecular weight excluding hydrogens is 590 g/mol. The number of rotatable bonds is 4. The van der Waals surface area contributed by atoms with Crippen LogP contribution in [0.4, 0.5) is 0 Å². The molecule has 0 radical (unpaired) electrons. The van der Waals surface area contributed by atoms with Crippen molar-refractivity contribution in [2.24, 2.45) is 0 Å². The fourth-order valence-corrected chi connectivity index (χ4v) is 7.07. The number of furan rings is 1. The Kier molecular flexibility index (Phi) is 5.84. The van der Waals surface area contributed by atoms with E-state index in [9.17, 15) is 0 Å². The molecule has 0 fully saturated rings. The van der Waals surface area contributed by atoms with E-state index in [1.165, 1.54) is 0 Å². The average Bonchev–Trinajstić information content (AvgIpc) is 3.71. The van der Waals surface area contributed by atoms with Gasteiger partial charge in [0.15, 0.2) is 23.1 Å². The molecule has 1 unspecified atom stereocenters. The van der Waals surface area contributed by atoms with Gasteiger partial charge >= 0.3 is 0 Å². The molecule has 1 N–H and O–H groups in total. The lowest BCUT2D eigenvalue weighted by molar-refractivity contribution is 0.667. The molecule has 3 aromatic heterocycles. The number of hydrogen-bond donors (Lipinski definition) is 1. The van der Waals surface area contributed by atoms with Crippen LogP contribution in [0.3, 0.4) is 0 Å². The molecule has 0 saturated carbocycles. The third kappa shape index (κ3) is 4.09. The number of para-hydroxylation sites is 2. The molecule has 0 spiro atoms. The van der Waals surface area contributed by atoms with E-state index in [4.69, 9.17) is 19.4 Å². The number of dihydropyridines is 1. The number of aromatic nitrogens is 4. The summed E-state index contributed by atoms with van der Waals surface area (Å²) >= 11 is 0. The summed E-state index contributed by atoms with van der Waals surface area (Å²) in [5.74, 6) is 2.83. The van der Waals surface area contributed by atoms with Gasteiger partial charge in [-0.15, -0.1) is 0 Å². The molecule has 10 rings (SSSR count). The lowest BCUT2D eigenvalue weighted by Gasteiger charge is -2.23. The van der Waals surface area contributed by atoms with Crippen LogP contribution in [0.25, 0.3) is 83.1 Å². The molecule has 226 valence electrons. The summed E-state index contributed by atoms with van der Waals surface area (Å²) in [5.41, 5.74) is 5.76. The molecule has 0 amide bonds. The van der Waals surface area contributed by atoms with E-state index in [0.717, 1.165) is 71.5 Å². The van der Waals surface area contributed by atoms with Crippen molar-refractivity contribution in [3.63, 3.8) is 0 Å². The number of nitrogens with one attached hydrogen (secondary N) is 1. The van der Waals surface area contributed by atoms with Gasteiger partial charge in [0.2, 0.25) is 0 Å². The first kappa shape index (κ1) is 26.7. The van der Waals surface area contributed by atoms with Crippen LogP contribution >= 0.6 is 0 Å². The Balaban J connectivity index is 1.15. The Morgan fingerprint density at radius 2 is 1.31 bits per heavy atom. The van der Waals surface area contributed by atoms with Crippen molar-refractivity contribution in [1.82, 2.24) is 24.8 Å². The lowest BCUT2D eigenvalue weighted by Crippen LogP contribution is -2.26. The summed E-state index contributed by atoms with van der Waals surface area (Å²) in [6, 6.07) is 45.5. The van der Waals surface area contributed by atoms with E-state index in [1.54, 1.807) is 0 Å². The minimum Gasteiger partial charge on any atom is -0.454 e. The first-order valence-corrected chi connectivity index (χ1v) is 16.1. The van der Waals surface area contributed by atoms with E-state index in [2.05, 4.69) is 119 Å². The molecule has 6 aromatic carbocycles. The van der Waals surface area contributed by atoms with E-state index >= 15 is 0 Å². The smallest absolute Gasteiger partial charge is 0.164 e. The normalized spacial score (nSPS) is 14.7. The molecular formula is C42H27N5O. The van der Waals surface area contributed by atoms with Gasteiger partial charge in [-0.2, -0.15) is 0 Å². The highest BCUT2D eigenvalue weighted by atomic mass is 16.3. The average molecular weight is 618 g/mol. The zero-order valence-electron chi connectivity index (χ0n) is 25.7. The standard InChI is InChI=1S/C42H27N5O/c1-2-13-27(14-3-1)40-44-41(33-19-10-15-26-12-4-5-16-28(26)33)46-42(45-40)34-20-11-23-37(43-34)47-35-21-8-6-17-29(35)31-24-25-32-30-18-7-9-22-36(30)48-39(32)38(31)47/h1-25,34,43H. The van der Waals surface area contributed by atoms with Gasteiger partial charge in [-0.1, -0.05) is 127 Å². The van der Waals surface area contributed by atoms with E-state index in [1.807, 2.05) is 42.5 Å². The van der Waals surface area contributed by atoms with Gasteiger partial charge in [0, 0.05) is 32.7 Å². The molecule has 1 aliphatic rings. The summed E-state index contributed by atoms with van der Waals surface area (Å²) in [6.45, 7) is 0. The van der Waals surface area contributed by atoms with Crippen LogP contribution in [0, 0.1) is 0 Å². The monoisotopic (exact) mass is 617 g/mol. The maximum atomic E-state index is 6.58. The predicted octanol–water partition coefficient (Wildman–Crippen LogP) is 10.1. The van der Waals surface area contributed by atoms with Crippen LogP contribution in [0.2, 0.25) is 0 Å². The van der Waals surface area contributed by atoms with Crippen LogP contribution in [0.1, 0.15) is 11.9 Å². The van der Waals surface area contributed by atoms with Crippen molar-refractivity contribution < 1.29 is 4.42 Å². The quantitative estimate of drug-likeness (QED) is 0.213. The molecule has 48 heavy (non-hydrogen) atoms. The van der Waals surface area contributed by atoms with Crippen LogP contribution in [-0.2, 0) is 0 Å². The van der Waals surface area contributed by atoms with Crippen molar-refractivity contribution >= 4 is 60.3 Å². The number of allylic oxidation sites excluding steroid dienone is 2. The summed E-state index contributed by atoms with van der Waals surface area (Å²) < 4.78 is 8.85. The highest BCUT2D eigenvalue weighted by Crippen LogP contribution is 2.40. The van der Waals surface area contributed by atoms with Crippen molar-refractivity contribution in [2.45, 2.75) is 6.04 Å². The number of hydrogen-bond acceptors (Lipinski definition) is 5. The molecule has 0 bridgehead atoms.